The average molecular weight is 463 g/mol. The number of methoxy groups -OCH3 is 1. The summed E-state index contributed by atoms with van der Waals surface area (Å²) in [6.07, 6.45) is 1.20. The smallest absolute Gasteiger partial charge is 0.325 e. The van der Waals surface area contributed by atoms with Gasteiger partial charge in [0.25, 0.3) is 5.91 Å². The number of amides is 1. The second-order valence-electron chi connectivity index (χ2n) is 6.71. The molecule has 2 aromatic carbocycles. The fourth-order valence-electron chi connectivity index (χ4n) is 2.91. The Morgan fingerprint density at radius 2 is 1.84 bits per heavy atom. The van der Waals surface area contributed by atoms with Crippen molar-refractivity contribution in [3.05, 3.63) is 52.8 Å². The van der Waals surface area contributed by atoms with Crippen LogP contribution in [0.15, 0.2) is 52.4 Å². The zero-order valence-corrected chi connectivity index (χ0v) is 19.0. The number of hydrogen-bond acceptors (Lipinski definition) is 7. The Labute approximate surface area is 183 Å². The molecule has 0 aliphatic rings. The topological polar surface area (TPSA) is 104 Å². The van der Waals surface area contributed by atoms with E-state index in [4.69, 9.17) is 9.47 Å². The van der Waals surface area contributed by atoms with Gasteiger partial charge in [0.05, 0.1) is 35.2 Å². The third-order valence-corrected chi connectivity index (χ3v) is 6.56. The lowest BCUT2D eigenvalue weighted by atomic mass is 10.1. The van der Waals surface area contributed by atoms with E-state index in [-0.39, 0.29) is 17.9 Å². The number of thiazole rings is 1. The van der Waals surface area contributed by atoms with Gasteiger partial charge >= 0.3 is 5.97 Å². The first-order valence-electron chi connectivity index (χ1n) is 9.41. The molecule has 0 saturated heterocycles. The van der Waals surface area contributed by atoms with Crippen molar-refractivity contribution >= 4 is 43.3 Å². The van der Waals surface area contributed by atoms with Crippen LogP contribution in [-0.4, -0.2) is 44.8 Å². The molecule has 8 nitrogen and oxygen atoms in total. The molecule has 0 radical (unpaired) electrons. The van der Waals surface area contributed by atoms with Gasteiger partial charge < -0.3 is 14.0 Å². The summed E-state index contributed by atoms with van der Waals surface area (Å²) in [5, 5.41) is 0. The molecule has 0 atom stereocenters. The van der Waals surface area contributed by atoms with Gasteiger partial charge in [-0.05, 0) is 42.8 Å². The minimum Gasteiger partial charge on any atom is -0.494 e. The molecule has 10 heteroatoms. The van der Waals surface area contributed by atoms with Gasteiger partial charge in [0.2, 0.25) is 0 Å². The van der Waals surface area contributed by atoms with Crippen molar-refractivity contribution in [1.29, 1.82) is 0 Å². The first-order chi connectivity index (χ1) is 14.7. The van der Waals surface area contributed by atoms with E-state index in [9.17, 15) is 18.0 Å². The highest BCUT2D eigenvalue weighted by molar-refractivity contribution is 7.90. The molecule has 0 aliphatic carbocycles. The molecule has 3 aromatic rings. The third kappa shape index (κ3) is 5.59. The predicted octanol–water partition coefficient (Wildman–Crippen LogP) is 2.35. The lowest BCUT2D eigenvalue weighted by Gasteiger charge is -2.05. The molecule has 31 heavy (non-hydrogen) atoms. The number of nitrogens with zero attached hydrogens (tertiary/aromatic N) is 2. The van der Waals surface area contributed by atoms with E-state index in [1.54, 1.807) is 34.9 Å². The Kier molecular flexibility index (Phi) is 6.91. The van der Waals surface area contributed by atoms with Crippen LogP contribution in [-0.2, 0) is 37.1 Å². The minimum absolute atomic E-state index is 0.0768. The molecule has 0 unspecified atom stereocenters. The van der Waals surface area contributed by atoms with Crippen molar-refractivity contribution in [2.24, 2.45) is 4.99 Å². The van der Waals surface area contributed by atoms with Crippen molar-refractivity contribution < 1.29 is 27.5 Å². The molecule has 0 bridgehead atoms. The number of rotatable bonds is 7. The van der Waals surface area contributed by atoms with Gasteiger partial charge in [-0.3, -0.25) is 9.59 Å². The molecular weight excluding hydrogens is 440 g/mol. The molecule has 0 N–H and O–H groups in total. The zero-order valence-electron chi connectivity index (χ0n) is 17.3. The Balaban J connectivity index is 1.99. The van der Waals surface area contributed by atoms with Crippen LogP contribution in [0, 0.1) is 0 Å². The highest BCUT2D eigenvalue weighted by Gasteiger charge is 2.15. The molecule has 0 aliphatic heterocycles. The molecule has 1 amide bonds. The van der Waals surface area contributed by atoms with Crippen molar-refractivity contribution in [3.63, 3.8) is 0 Å². The molecule has 1 aromatic heterocycles. The van der Waals surface area contributed by atoms with E-state index in [0.717, 1.165) is 28.9 Å². The number of carbonyl (C=O) groups is 2. The SMILES string of the molecule is CCOc1ccc(CC(=O)N=c2sc3cc(S(C)(=O)=O)ccc3n2CC(=O)OC)cc1. The van der Waals surface area contributed by atoms with E-state index >= 15 is 0 Å². The van der Waals surface area contributed by atoms with Crippen molar-refractivity contribution in [2.75, 3.05) is 20.0 Å². The van der Waals surface area contributed by atoms with Crippen LogP contribution in [0.25, 0.3) is 10.2 Å². The van der Waals surface area contributed by atoms with Crippen LogP contribution in [0.3, 0.4) is 0 Å². The Morgan fingerprint density at radius 3 is 2.45 bits per heavy atom. The van der Waals surface area contributed by atoms with Crippen LogP contribution in [0.4, 0.5) is 0 Å². The zero-order chi connectivity index (χ0) is 22.6. The fourth-order valence-corrected chi connectivity index (χ4v) is 4.71. The molecule has 0 fully saturated rings. The number of carbonyl (C=O) groups excluding carboxylic acids is 2. The van der Waals surface area contributed by atoms with Crippen LogP contribution in [0.1, 0.15) is 12.5 Å². The Hall–Kier alpha value is -2.98. The van der Waals surface area contributed by atoms with E-state index in [1.807, 2.05) is 6.92 Å². The first-order valence-corrected chi connectivity index (χ1v) is 12.1. The normalized spacial score (nSPS) is 12.2. The average Bonchev–Trinajstić information content (AvgIpc) is 3.05. The molecule has 1 heterocycles. The number of hydrogen-bond donors (Lipinski definition) is 0. The highest BCUT2D eigenvalue weighted by atomic mass is 32.2. The quantitative estimate of drug-likeness (QED) is 0.499. The fraction of sp³-hybridized carbons (Fsp3) is 0.286. The summed E-state index contributed by atoms with van der Waals surface area (Å²) in [7, 11) is -2.13. The Bertz CT molecular complexity index is 1290. The van der Waals surface area contributed by atoms with Gasteiger partial charge in [-0.25, -0.2) is 8.42 Å². The number of benzene rings is 2. The molecule has 0 saturated carbocycles. The van der Waals surface area contributed by atoms with E-state index in [2.05, 4.69) is 4.99 Å². The summed E-state index contributed by atoms with van der Waals surface area (Å²) < 4.78 is 36.0. The summed E-state index contributed by atoms with van der Waals surface area (Å²) in [6, 6.07) is 11.7. The molecule has 164 valence electrons. The van der Waals surface area contributed by atoms with Crippen molar-refractivity contribution in [1.82, 2.24) is 4.57 Å². The van der Waals surface area contributed by atoms with Gasteiger partial charge in [-0.1, -0.05) is 23.5 Å². The second kappa shape index (κ2) is 9.44. The lowest BCUT2D eigenvalue weighted by molar-refractivity contribution is -0.141. The molecular formula is C21H22N2O6S2. The van der Waals surface area contributed by atoms with Crippen molar-refractivity contribution in [2.45, 2.75) is 24.8 Å². The van der Waals surface area contributed by atoms with Crippen LogP contribution < -0.4 is 9.54 Å². The number of ether oxygens (including phenoxy) is 2. The number of esters is 1. The summed E-state index contributed by atoms with van der Waals surface area (Å²) in [4.78, 5) is 29.1. The third-order valence-electron chi connectivity index (χ3n) is 4.41. The van der Waals surface area contributed by atoms with Gasteiger partial charge in [-0.15, -0.1) is 0 Å². The lowest BCUT2D eigenvalue weighted by Crippen LogP contribution is -2.22. The van der Waals surface area contributed by atoms with E-state index in [0.29, 0.717) is 21.6 Å². The minimum atomic E-state index is -3.40. The predicted molar refractivity (Wildman–Crippen MR) is 117 cm³/mol. The number of aromatic nitrogens is 1. The Morgan fingerprint density at radius 1 is 1.13 bits per heavy atom. The highest BCUT2D eigenvalue weighted by Crippen LogP contribution is 2.22. The van der Waals surface area contributed by atoms with E-state index < -0.39 is 21.7 Å². The summed E-state index contributed by atoms with van der Waals surface area (Å²) in [5.41, 5.74) is 1.37. The van der Waals surface area contributed by atoms with Crippen LogP contribution in [0.5, 0.6) is 5.75 Å². The summed E-state index contributed by atoms with van der Waals surface area (Å²) in [5.74, 6) is -0.178. The van der Waals surface area contributed by atoms with Crippen LogP contribution >= 0.6 is 11.3 Å². The maximum absolute atomic E-state index is 12.6. The maximum Gasteiger partial charge on any atom is 0.325 e. The van der Waals surface area contributed by atoms with Gasteiger partial charge in [0.15, 0.2) is 14.6 Å². The van der Waals surface area contributed by atoms with E-state index in [1.165, 1.54) is 19.2 Å². The second-order valence-corrected chi connectivity index (χ2v) is 9.73. The number of fused-ring (bicyclic) bond motifs is 1. The number of sulfone groups is 1. The van der Waals surface area contributed by atoms with Gasteiger partial charge in [0, 0.05) is 6.26 Å². The van der Waals surface area contributed by atoms with Crippen LogP contribution in [0.2, 0.25) is 0 Å². The summed E-state index contributed by atoms with van der Waals surface area (Å²) >= 11 is 1.14. The monoisotopic (exact) mass is 462 g/mol. The maximum atomic E-state index is 12.6. The van der Waals surface area contributed by atoms with Crippen molar-refractivity contribution in [3.8, 4) is 5.75 Å². The molecule has 3 rings (SSSR count). The first kappa shape index (κ1) is 22.7. The van der Waals surface area contributed by atoms with Gasteiger partial charge in [0.1, 0.15) is 12.3 Å². The standard InChI is InChI=1S/C21H22N2O6S2/c1-4-29-15-7-5-14(6-8-15)11-19(24)22-21-23(13-20(25)28-2)17-10-9-16(31(3,26)27)12-18(17)30-21/h5-10,12H,4,11,13H2,1-3H3. The largest absolute Gasteiger partial charge is 0.494 e. The molecule has 0 spiro atoms. The van der Waals surface area contributed by atoms with Gasteiger partial charge in [-0.2, -0.15) is 4.99 Å². The summed E-state index contributed by atoms with van der Waals surface area (Å²) in [6.45, 7) is 2.30.